The molecule has 3 aromatic rings. The van der Waals surface area contributed by atoms with Crippen LogP contribution in [0.3, 0.4) is 0 Å². The molecule has 0 bridgehead atoms. The van der Waals surface area contributed by atoms with Crippen molar-refractivity contribution in [1.82, 2.24) is 45.7 Å². The third-order valence-corrected chi connectivity index (χ3v) is 10.5. The predicted octanol–water partition coefficient (Wildman–Crippen LogP) is -0.532. The summed E-state index contributed by atoms with van der Waals surface area (Å²) < 4.78 is 0. The minimum Gasteiger partial charge on any atom is -0.508 e. The number of thioether (sulfide) groups is 1. The highest BCUT2D eigenvalue weighted by Gasteiger charge is 2.41. The summed E-state index contributed by atoms with van der Waals surface area (Å²) in [7, 11) is 0. The van der Waals surface area contributed by atoms with Gasteiger partial charge in [-0.3, -0.25) is 24.0 Å². The molecule has 2 fully saturated rings. The van der Waals surface area contributed by atoms with E-state index in [0.717, 1.165) is 0 Å². The number of aromatic hydroxyl groups is 1. The maximum Gasteiger partial charge on any atom is 0.326 e. The quantitative estimate of drug-likeness (QED) is 0.0810. The number of carbonyl (C=O) groups excluding carboxylic acids is 5. The average Bonchev–Trinajstić information content (AvgIpc) is 4.01. The fourth-order valence-corrected chi connectivity index (χ4v) is 7.38. The number of nitrogens with two attached hydrogens (primary N) is 1. The molecule has 0 radical (unpaired) electrons. The van der Waals surface area contributed by atoms with Gasteiger partial charge >= 0.3 is 5.97 Å². The van der Waals surface area contributed by atoms with Crippen molar-refractivity contribution in [3.05, 3.63) is 66.3 Å². The molecule has 19 heteroatoms. The van der Waals surface area contributed by atoms with Crippen LogP contribution in [0.2, 0.25) is 0 Å². The van der Waals surface area contributed by atoms with Crippen molar-refractivity contribution in [2.24, 2.45) is 5.73 Å². The highest BCUT2D eigenvalue weighted by molar-refractivity contribution is 7.98. The molecule has 0 aliphatic carbocycles. The topological polar surface area (TPSA) is 269 Å². The van der Waals surface area contributed by atoms with Crippen LogP contribution < -0.4 is 21.7 Å². The van der Waals surface area contributed by atoms with Crippen molar-refractivity contribution in [3.63, 3.8) is 0 Å². The highest BCUT2D eigenvalue weighted by atomic mass is 32.2. The molecule has 5 amide bonds. The molecular formula is C36H48N10O8S. The van der Waals surface area contributed by atoms with Crippen LogP contribution in [0.1, 0.15) is 49.1 Å². The van der Waals surface area contributed by atoms with Gasteiger partial charge in [0.25, 0.3) is 0 Å². The first-order chi connectivity index (χ1) is 26.4. The van der Waals surface area contributed by atoms with Crippen LogP contribution in [0.4, 0.5) is 0 Å². The van der Waals surface area contributed by atoms with E-state index in [9.17, 15) is 39.0 Å². The van der Waals surface area contributed by atoms with Crippen LogP contribution >= 0.6 is 11.8 Å². The number of hydrogen-bond donors (Lipinski definition) is 8. The van der Waals surface area contributed by atoms with Gasteiger partial charge in [0.2, 0.25) is 29.5 Å². The van der Waals surface area contributed by atoms with Crippen molar-refractivity contribution in [3.8, 4) is 5.75 Å². The fraction of sp³-hybridized carbons (Fsp3) is 0.500. The SMILES string of the molecule is CSCC[C@H](N)C(=O)N[C@@H](Cc1cnc[nH]1)C(=O)N1CCC[C@H]1C(=O)N[C@@H](Cc1ccc(O)cc1)C(=O)N[C@@H](Cc1cnc[nH]1)C(=O)N1CCC[C@H]1C(=O)O. The van der Waals surface area contributed by atoms with Crippen LogP contribution in [0.15, 0.2) is 49.3 Å². The van der Waals surface area contributed by atoms with E-state index in [0.29, 0.717) is 42.0 Å². The number of amides is 5. The Morgan fingerprint density at radius 1 is 0.818 bits per heavy atom. The Labute approximate surface area is 321 Å². The molecule has 55 heavy (non-hydrogen) atoms. The number of carbonyl (C=O) groups is 6. The molecule has 18 nitrogen and oxygen atoms in total. The number of aromatic amines is 2. The lowest BCUT2D eigenvalue weighted by Gasteiger charge is -2.31. The molecule has 2 aromatic heterocycles. The number of phenolic OH excluding ortho intramolecular Hbond substituents is 1. The third-order valence-electron chi connectivity index (χ3n) is 9.83. The largest absolute Gasteiger partial charge is 0.508 e. The fourth-order valence-electron chi connectivity index (χ4n) is 6.90. The van der Waals surface area contributed by atoms with Gasteiger partial charge in [0.15, 0.2) is 0 Å². The van der Waals surface area contributed by atoms with Gasteiger partial charge in [-0.05, 0) is 61.8 Å². The number of aromatic nitrogens is 4. The first-order valence-electron chi connectivity index (χ1n) is 18.2. The van der Waals surface area contributed by atoms with E-state index in [1.165, 1.54) is 47.0 Å². The molecule has 9 N–H and O–H groups in total. The van der Waals surface area contributed by atoms with Gasteiger partial charge in [0.05, 0.1) is 18.7 Å². The number of carboxylic acids is 1. The van der Waals surface area contributed by atoms with E-state index in [2.05, 4.69) is 35.9 Å². The maximum absolute atomic E-state index is 14.2. The van der Waals surface area contributed by atoms with Gasteiger partial charge in [-0.25, -0.2) is 14.8 Å². The monoisotopic (exact) mass is 780 g/mol. The summed E-state index contributed by atoms with van der Waals surface area (Å²) >= 11 is 1.54. The standard InChI is InChI=1S/C36H48N10O8S/c1-55-13-10-25(37)31(48)43-27(15-22-17-38-19-40-22)34(51)45-11-2-4-29(45)33(50)42-26(14-21-6-8-24(47)9-7-21)32(49)44-28(16-23-18-39-20-41-23)35(52)46-12-3-5-30(46)36(53)54/h6-9,17-20,25-30,47H,2-5,10-16,37H2,1H3,(H,38,40)(H,39,41)(H,42,50)(H,43,48)(H,44,49)(H,53,54)/t25-,26-,27-,28-,29-,30-/m0/s1. The van der Waals surface area contributed by atoms with Crippen molar-refractivity contribution in [2.45, 2.75) is 87.6 Å². The van der Waals surface area contributed by atoms with Crippen LogP contribution in [-0.4, -0.2) is 137 Å². The predicted molar refractivity (Wildman–Crippen MR) is 200 cm³/mol. The summed E-state index contributed by atoms with van der Waals surface area (Å²) in [5.41, 5.74) is 7.80. The highest BCUT2D eigenvalue weighted by Crippen LogP contribution is 2.22. The van der Waals surface area contributed by atoms with Gasteiger partial charge in [0.1, 0.15) is 36.0 Å². The van der Waals surface area contributed by atoms with Crippen molar-refractivity contribution in [1.29, 1.82) is 0 Å². The lowest BCUT2D eigenvalue weighted by molar-refractivity contribution is -0.149. The summed E-state index contributed by atoms with van der Waals surface area (Å²) in [5, 5.41) is 28.0. The van der Waals surface area contributed by atoms with Gasteiger partial charge in [-0.1, -0.05) is 12.1 Å². The molecule has 0 unspecified atom stereocenters. The minimum atomic E-state index is -1.25. The molecule has 0 saturated carbocycles. The normalized spacial score (nSPS) is 18.9. The molecule has 2 aliphatic heterocycles. The second-order valence-electron chi connectivity index (χ2n) is 13.7. The first kappa shape index (κ1) is 40.7. The summed E-state index contributed by atoms with van der Waals surface area (Å²) in [5.74, 6) is -3.41. The Bertz CT molecular complexity index is 1770. The van der Waals surface area contributed by atoms with Gasteiger partial charge < -0.3 is 51.7 Å². The van der Waals surface area contributed by atoms with Crippen LogP contribution in [0.25, 0.3) is 0 Å². The van der Waals surface area contributed by atoms with Crippen molar-refractivity contribution < 1.29 is 39.0 Å². The van der Waals surface area contributed by atoms with Crippen LogP contribution in [-0.2, 0) is 48.0 Å². The lowest BCUT2D eigenvalue weighted by atomic mass is 10.0. The Balaban J connectivity index is 1.36. The van der Waals surface area contributed by atoms with Crippen molar-refractivity contribution in [2.75, 3.05) is 25.1 Å². The zero-order valence-corrected chi connectivity index (χ0v) is 31.3. The lowest BCUT2D eigenvalue weighted by Crippen LogP contribution is -2.60. The number of hydrogen-bond acceptors (Lipinski definition) is 11. The molecule has 4 heterocycles. The zero-order chi connectivity index (χ0) is 39.5. The zero-order valence-electron chi connectivity index (χ0n) is 30.5. The van der Waals surface area contributed by atoms with Gasteiger partial charge in [0, 0.05) is 56.1 Å². The first-order valence-corrected chi connectivity index (χ1v) is 19.6. The summed E-state index contributed by atoms with van der Waals surface area (Å²) in [4.78, 5) is 97.8. The number of nitrogens with zero attached hydrogens (tertiary/aromatic N) is 4. The smallest absolute Gasteiger partial charge is 0.326 e. The molecule has 1 aromatic carbocycles. The average molecular weight is 781 g/mol. The third kappa shape index (κ3) is 10.8. The Hall–Kier alpha value is -5.43. The van der Waals surface area contributed by atoms with E-state index >= 15 is 0 Å². The number of aliphatic carboxylic acids is 1. The second kappa shape index (κ2) is 19.2. The van der Waals surface area contributed by atoms with Gasteiger partial charge in [-0.2, -0.15) is 11.8 Å². The molecular weight excluding hydrogens is 733 g/mol. The summed E-state index contributed by atoms with van der Waals surface area (Å²) in [6.07, 6.45) is 9.75. The minimum absolute atomic E-state index is 0.000281. The molecule has 6 atom stereocenters. The number of rotatable bonds is 18. The molecule has 2 saturated heterocycles. The maximum atomic E-state index is 14.2. The number of H-pyrrole nitrogens is 2. The summed E-state index contributed by atoms with van der Waals surface area (Å²) in [6, 6.07) is -0.330. The van der Waals surface area contributed by atoms with Crippen molar-refractivity contribution >= 4 is 47.3 Å². The Morgan fingerprint density at radius 2 is 1.36 bits per heavy atom. The van der Waals surface area contributed by atoms with E-state index in [1.807, 2.05) is 6.26 Å². The number of phenols is 1. The van der Waals surface area contributed by atoms with E-state index in [1.54, 1.807) is 23.9 Å². The van der Waals surface area contributed by atoms with E-state index < -0.39 is 71.8 Å². The second-order valence-corrected chi connectivity index (χ2v) is 14.7. The Morgan fingerprint density at radius 3 is 1.89 bits per heavy atom. The van der Waals surface area contributed by atoms with Crippen LogP contribution in [0, 0.1) is 0 Å². The van der Waals surface area contributed by atoms with Gasteiger partial charge in [-0.15, -0.1) is 0 Å². The number of carboxylic acid groups (broad SMARTS) is 1. The molecule has 0 spiro atoms. The van der Waals surface area contributed by atoms with E-state index in [-0.39, 0.29) is 50.9 Å². The van der Waals surface area contributed by atoms with E-state index in [4.69, 9.17) is 5.73 Å². The molecule has 5 rings (SSSR count). The molecule has 296 valence electrons. The Kier molecular flexibility index (Phi) is 14.3. The number of benzene rings is 1. The summed E-state index contributed by atoms with van der Waals surface area (Å²) in [6.45, 7) is 0.427. The number of nitrogens with one attached hydrogen (secondary N) is 5. The van der Waals surface area contributed by atoms with Crippen LogP contribution in [0.5, 0.6) is 5.75 Å². The number of likely N-dealkylation sites (tertiary alicyclic amines) is 2. The molecule has 2 aliphatic rings. The number of imidazole rings is 2.